The normalized spacial score (nSPS) is 14.5. The second-order valence-electron chi connectivity index (χ2n) is 11.0. The second kappa shape index (κ2) is 29.6. The van der Waals surface area contributed by atoms with E-state index in [-0.39, 0.29) is 5.91 Å². The summed E-state index contributed by atoms with van der Waals surface area (Å²) in [6.45, 7) is 4.08. The highest BCUT2D eigenvalue weighted by Crippen LogP contribution is 2.12. The van der Waals surface area contributed by atoms with Gasteiger partial charge in [0.05, 0.1) is 18.8 Å². The van der Waals surface area contributed by atoms with Gasteiger partial charge in [-0.25, -0.2) is 0 Å². The fourth-order valence-electron chi connectivity index (χ4n) is 4.62. The van der Waals surface area contributed by atoms with Crippen LogP contribution in [-0.2, 0) is 4.79 Å². The molecule has 0 bridgehead atoms. The molecule has 0 aliphatic heterocycles. The van der Waals surface area contributed by atoms with E-state index >= 15 is 0 Å². The van der Waals surface area contributed by atoms with Gasteiger partial charge >= 0.3 is 0 Å². The van der Waals surface area contributed by atoms with Crippen LogP contribution in [0.5, 0.6) is 0 Å². The van der Waals surface area contributed by atoms with Crippen LogP contribution in [0.1, 0.15) is 149 Å². The maximum absolute atomic E-state index is 12.2. The molecule has 3 unspecified atom stereocenters. The average Bonchev–Trinajstić information content (AvgIpc) is 2.94. The molecule has 3 atom stereocenters. The summed E-state index contributed by atoms with van der Waals surface area (Å²) < 4.78 is 0. The number of aliphatic hydroxyl groups is 3. The minimum Gasteiger partial charge on any atom is -0.394 e. The Balaban J connectivity index is 3.90. The second-order valence-corrected chi connectivity index (χ2v) is 11.0. The summed E-state index contributed by atoms with van der Waals surface area (Å²) in [6.07, 6.45) is 33.9. The number of aliphatic hydroxyl groups excluding tert-OH is 3. The van der Waals surface area contributed by atoms with Crippen LogP contribution in [0, 0.1) is 0 Å². The van der Waals surface area contributed by atoms with Crippen LogP contribution >= 0.6 is 0 Å². The van der Waals surface area contributed by atoms with Gasteiger partial charge in [-0.15, -0.1) is 0 Å². The zero-order valence-corrected chi connectivity index (χ0v) is 25.5. The van der Waals surface area contributed by atoms with E-state index in [9.17, 15) is 20.1 Å². The van der Waals surface area contributed by atoms with E-state index in [1.807, 2.05) is 6.08 Å². The van der Waals surface area contributed by atoms with Crippen molar-refractivity contribution in [2.24, 2.45) is 0 Å². The Bertz CT molecular complexity index is 616. The molecule has 1 amide bonds. The monoisotopic (exact) mass is 549 g/mol. The van der Waals surface area contributed by atoms with E-state index in [4.69, 9.17) is 0 Å². The maximum Gasteiger partial charge on any atom is 0.220 e. The highest BCUT2D eigenvalue weighted by atomic mass is 16.3. The van der Waals surface area contributed by atoms with E-state index in [0.29, 0.717) is 19.3 Å². The van der Waals surface area contributed by atoms with Gasteiger partial charge in [0.25, 0.3) is 0 Å². The predicted octanol–water partition coefficient (Wildman–Crippen LogP) is 8.09. The number of carbonyl (C=O) groups is 1. The zero-order chi connectivity index (χ0) is 28.8. The molecule has 0 saturated carbocycles. The smallest absolute Gasteiger partial charge is 0.220 e. The molecule has 0 fully saturated rings. The van der Waals surface area contributed by atoms with Crippen molar-refractivity contribution >= 4 is 5.91 Å². The van der Waals surface area contributed by atoms with Crippen LogP contribution in [0.3, 0.4) is 0 Å². The Labute approximate surface area is 241 Å². The molecule has 0 aliphatic carbocycles. The fraction of sp³-hybridized carbons (Fsp3) is 0.794. The van der Waals surface area contributed by atoms with Gasteiger partial charge in [0.1, 0.15) is 6.10 Å². The summed E-state index contributed by atoms with van der Waals surface area (Å²) >= 11 is 0. The van der Waals surface area contributed by atoms with Crippen molar-refractivity contribution in [2.45, 2.75) is 167 Å². The predicted molar refractivity (Wildman–Crippen MR) is 167 cm³/mol. The molecule has 5 heteroatoms. The van der Waals surface area contributed by atoms with Gasteiger partial charge in [-0.05, 0) is 57.8 Å². The first-order valence-corrected chi connectivity index (χ1v) is 16.3. The Hall–Kier alpha value is -1.43. The van der Waals surface area contributed by atoms with Crippen molar-refractivity contribution < 1.29 is 20.1 Å². The third-order valence-corrected chi connectivity index (χ3v) is 7.23. The van der Waals surface area contributed by atoms with Crippen LogP contribution in [0.2, 0.25) is 0 Å². The summed E-state index contributed by atoms with van der Waals surface area (Å²) in [5, 5.41) is 33.1. The summed E-state index contributed by atoms with van der Waals surface area (Å²) in [6, 6.07) is -0.853. The van der Waals surface area contributed by atoms with Gasteiger partial charge < -0.3 is 20.6 Å². The molecule has 5 nitrogen and oxygen atoms in total. The summed E-state index contributed by atoms with van der Waals surface area (Å²) in [5.41, 5.74) is 0. The van der Waals surface area contributed by atoms with Crippen molar-refractivity contribution in [1.29, 1.82) is 0 Å². The third kappa shape index (κ3) is 25.3. The number of amides is 1. The Morgan fingerprint density at radius 3 is 1.64 bits per heavy atom. The lowest BCUT2D eigenvalue weighted by atomic mass is 10.0. The molecule has 0 aliphatic rings. The van der Waals surface area contributed by atoms with Crippen LogP contribution in [0.15, 0.2) is 36.5 Å². The van der Waals surface area contributed by atoms with Gasteiger partial charge in [0.2, 0.25) is 5.91 Å². The Kier molecular flexibility index (Phi) is 28.5. The topological polar surface area (TPSA) is 89.8 Å². The van der Waals surface area contributed by atoms with Crippen molar-refractivity contribution in [3.8, 4) is 0 Å². The van der Waals surface area contributed by atoms with Crippen LogP contribution in [0.25, 0.3) is 0 Å². The Morgan fingerprint density at radius 2 is 1.10 bits per heavy atom. The fourth-order valence-corrected chi connectivity index (χ4v) is 4.62. The maximum atomic E-state index is 12.2. The van der Waals surface area contributed by atoms with Crippen molar-refractivity contribution in [2.75, 3.05) is 6.61 Å². The largest absolute Gasteiger partial charge is 0.394 e. The minimum atomic E-state index is -1.18. The molecule has 0 aromatic heterocycles. The number of hydrogen-bond donors (Lipinski definition) is 4. The molecule has 0 heterocycles. The third-order valence-electron chi connectivity index (χ3n) is 7.23. The molecule has 0 saturated heterocycles. The molecule has 0 radical (unpaired) electrons. The van der Waals surface area contributed by atoms with Gasteiger partial charge in [-0.2, -0.15) is 0 Å². The SMILES string of the molecule is CCCCCCCC/C=C\C/C=C\CCC(=O)NC(CO)C(O)C(O)CCC/C=C/CCCCCCCCC. The van der Waals surface area contributed by atoms with E-state index in [2.05, 4.69) is 49.5 Å². The van der Waals surface area contributed by atoms with Gasteiger partial charge in [0, 0.05) is 6.42 Å². The first-order valence-electron chi connectivity index (χ1n) is 16.3. The molecule has 228 valence electrons. The summed E-state index contributed by atoms with van der Waals surface area (Å²) in [5.74, 6) is -0.225. The number of hydrogen-bond acceptors (Lipinski definition) is 4. The van der Waals surface area contributed by atoms with Gasteiger partial charge in [0.15, 0.2) is 0 Å². The lowest BCUT2D eigenvalue weighted by Gasteiger charge is -2.26. The molecule has 0 spiro atoms. The van der Waals surface area contributed by atoms with Crippen LogP contribution in [0.4, 0.5) is 0 Å². The number of nitrogens with one attached hydrogen (secondary N) is 1. The molecule has 4 N–H and O–H groups in total. The van der Waals surface area contributed by atoms with Crippen molar-refractivity contribution in [3.63, 3.8) is 0 Å². The van der Waals surface area contributed by atoms with E-state index in [1.165, 1.54) is 83.5 Å². The van der Waals surface area contributed by atoms with Crippen molar-refractivity contribution in [1.82, 2.24) is 5.32 Å². The number of carbonyl (C=O) groups excluding carboxylic acids is 1. The molecule has 0 rings (SSSR count). The van der Waals surface area contributed by atoms with Crippen molar-refractivity contribution in [3.05, 3.63) is 36.5 Å². The lowest BCUT2D eigenvalue weighted by molar-refractivity contribution is -0.124. The molecule has 0 aromatic rings. The van der Waals surface area contributed by atoms with Gasteiger partial charge in [-0.3, -0.25) is 4.79 Å². The standard InChI is InChI=1S/C34H63NO4/c1-3-5-7-9-11-13-15-17-19-21-23-25-27-29-33(38)35-31(30-36)34(39)32(37)28-26-24-22-20-18-16-14-12-10-8-6-4-2/h17,19-20,22-23,25,31-32,34,36-37,39H,3-16,18,21,24,26-30H2,1-2H3,(H,35,38)/b19-17-,22-20+,25-23-. The summed E-state index contributed by atoms with van der Waals surface area (Å²) in [7, 11) is 0. The quantitative estimate of drug-likeness (QED) is 0.0586. The van der Waals surface area contributed by atoms with E-state index in [1.54, 1.807) is 0 Å². The average molecular weight is 550 g/mol. The van der Waals surface area contributed by atoms with Crippen LogP contribution < -0.4 is 5.32 Å². The van der Waals surface area contributed by atoms with E-state index in [0.717, 1.165) is 32.1 Å². The first-order chi connectivity index (χ1) is 19.1. The highest BCUT2D eigenvalue weighted by Gasteiger charge is 2.26. The molecular weight excluding hydrogens is 486 g/mol. The minimum absolute atomic E-state index is 0.225. The van der Waals surface area contributed by atoms with Crippen LogP contribution in [-0.4, -0.2) is 46.1 Å². The molecular formula is C34H63NO4. The molecule has 0 aromatic carbocycles. The highest BCUT2D eigenvalue weighted by molar-refractivity contribution is 5.76. The van der Waals surface area contributed by atoms with Gasteiger partial charge in [-0.1, -0.05) is 121 Å². The number of allylic oxidation sites excluding steroid dienone is 6. The number of unbranched alkanes of at least 4 members (excludes halogenated alkanes) is 14. The molecule has 39 heavy (non-hydrogen) atoms. The summed E-state index contributed by atoms with van der Waals surface area (Å²) in [4.78, 5) is 12.2. The first kappa shape index (κ1) is 37.6. The zero-order valence-electron chi connectivity index (χ0n) is 25.5. The lowest BCUT2D eigenvalue weighted by Crippen LogP contribution is -2.50. The van der Waals surface area contributed by atoms with E-state index < -0.39 is 24.9 Å². The Morgan fingerprint density at radius 1 is 0.641 bits per heavy atom. The number of rotatable bonds is 28.